The van der Waals surface area contributed by atoms with E-state index in [1.807, 2.05) is 0 Å². The van der Waals surface area contributed by atoms with E-state index in [1.165, 1.54) is 6.08 Å². The number of aliphatic hydroxyl groups is 3. The first-order valence-electron chi connectivity index (χ1n) is 13.5. The van der Waals surface area contributed by atoms with Crippen molar-refractivity contribution in [2.45, 2.75) is 116 Å². The van der Waals surface area contributed by atoms with E-state index >= 15 is 0 Å². The summed E-state index contributed by atoms with van der Waals surface area (Å²) in [5.74, 6) is -6.53. The van der Waals surface area contributed by atoms with Gasteiger partial charge >= 0.3 is 29.8 Å². The largest absolute Gasteiger partial charge is 0.462 e. The molecule has 2 fully saturated rings. The minimum Gasteiger partial charge on any atom is -0.462 e. The molecule has 0 bridgehead atoms. The highest BCUT2D eigenvalue weighted by Gasteiger charge is 2.74. The third-order valence-electron chi connectivity index (χ3n) is 8.77. The second-order valence-corrected chi connectivity index (χ2v) is 11.8. The third-order valence-corrected chi connectivity index (χ3v) is 8.77. The zero-order valence-corrected chi connectivity index (χ0v) is 24.5. The van der Waals surface area contributed by atoms with Crippen molar-refractivity contribution in [2.75, 3.05) is 0 Å². The van der Waals surface area contributed by atoms with Gasteiger partial charge in [0.1, 0.15) is 24.4 Å². The first-order valence-corrected chi connectivity index (χ1v) is 13.5. The Morgan fingerprint density at radius 2 is 1.41 bits per heavy atom. The molecule has 41 heavy (non-hydrogen) atoms. The molecule has 1 aliphatic heterocycles. The van der Waals surface area contributed by atoms with Crippen molar-refractivity contribution in [3.8, 4) is 0 Å². The normalized spacial score (nSPS) is 43.7. The molecule has 3 aliphatic rings. The average Bonchev–Trinajstić information content (AvgIpc) is 2.98. The van der Waals surface area contributed by atoms with Crippen molar-refractivity contribution in [1.82, 2.24) is 0 Å². The zero-order chi connectivity index (χ0) is 31.2. The van der Waals surface area contributed by atoms with Crippen LogP contribution in [0.4, 0.5) is 0 Å². The van der Waals surface area contributed by atoms with Gasteiger partial charge in [-0.2, -0.15) is 0 Å². The highest BCUT2D eigenvalue weighted by atomic mass is 16.6. The predicted molar refractivity (Wildman–Crippen MR) is 137 cm³/mol. The lowest BCUT2D eigenvalue weighted by molar-refractivity contribution is -0.271. The van der Waals surface area contributed by atoms with Gasteiger partial charge in [0.15, 0.2) is 17.3 Å². The fourth-order valence-electron chi connectivity index (χ4n) is 6.88. The maximum atomic E-state index is 13.0. The fraction of sp³-hybridized carbons (Fsp3) is 0.750. The molecule has 0 aromatic carbocycles. The topological polar surface area (TPSA) is 192 Å². The highest BCUT2D eigenvalue weighted by molar-refractivity contribution is 5.84. The number of fused-ring (bicyclic) bond motifs is 2. The smallest absolute Gasteiger partial charge is 0.341 e. The number of ether oxygens (including phenoxy) is 5. The molecule has 230 valence electrons. The van der Waals surface area contributed by atoms with Crippen LogP contribution >= 0.6 is 0 Å². The molecule has 2 aliphatic carbocycles. The Labute approximate surface area is 238 Å². The monoisotopic (exact) mass is 584 g/mol. The molecule has 0 aromatic rings. The quantitative estimate of drug-likeness (QED) is 0.235. The van der Waals surface area contributed by atoms with Crippen LogP contribution in [0.15, 0.2) is 11.6 Å². The van der Waals surface area contributed by atoms with Crippen molar-refractivity contribution in [1.29, 1.82) is 0 Å². The summed E-state index contributed by atoms with van der Waals surface area (Å²) in [7, 11) is 0. The Kier molecular flexibility index (Phi) is 8.98. The van der Waals surface area contributed by atoms with Crippen LogP contribution in [0.2, 0.25) is 0 Å². The number of esters is 5. The highest BCUT2D eigenvalue weighted by Crippen LogP contribution is 2.57. The van der Waals surface area contributed by atoms with Gasteiger partial charge in [0.2, 0.25) is 0 Å². The molecular formula is C28H40O13. The van der Waals surface area contributed by atoms with Crippen LogP contribution in [-0.4, -0.2) is 93.0 Å². The lowest BCUT2D eigenvalue weighted by atomic mass is 9.52. The SMILES string of the molecule is CC(=O)O[C@H]1C/C(C)=C\[C@@H]2OC(=O)[C@](C)(O)[C@]2(O)[C@@H](OC(C)=O)[C@H]2[C@@H](C)[C@@H](O)C[C@H](OC(C)=O)[C@]2(C)[C@H]1OC(C)=O. The molecule has 0 aromatic heterocycles. The van der Waals surface area contributed by atoms with E-state index in [0.717, 1.165) is 34.6 Å². The minimum absolute atomic E-state index is 0.0892. The molecule has 0 unspecified atom stereocenters. The van der Waals surface area contributed by atoms with Crippen LogP contribution in [0.25, 0.3) is 0 Å². The Morgan fingerprint density at radius 3 is 1.93 bits per heavy atom. The van der Waals surface area contributed by atoms with E-state index in [0.29, 0.717) is 5.57 Å². The number of carbonyl (C=O) groups is 5. The lowest BCUT2D eigenvalue weighted by Crippen LogP contribution is -2.73. The maximum Gasteiger partial charge on any atom is 0.341 e. The Hall–Kier alpha value is -3.03. The van der Waals surface area contributed by atoms with Crippen LogP contribution in [0, 0.1) is 17.3 Å². The van der Waals surface area contributed by atoms with Crippen molar-refractivity contribution in [2.24, 2.45) is 17.3 Å². The van der Waals surface area contributed by atoms with Gasteiger partial charge in [-0.15, -0.1) is 0 Å². The van der Waals surface area contributed by atoms with Crippen molar-refractivity contribution >= 4 is 29.8 Å². The summed E-state index contributed by atoms with van der Waals surface area (Å²) in [5.41, 5.74) is -6.52. The molecule has 11 atom stereocenters. The molecule has 0 amide bonds. The van der Waals surface area contributed by atoms with Crippen molar-refractivity contribution in [3.63, 3.8) is 0 Å². The number of rotatable bonds is 4. The molecule has 3 N–H and O–H groups in total. The maximum absolute atomic E-state index is 13.0. The van der Waals surface area contributed by atoms with Gasteiger partial charge in [-0.25, -0.2) is 4.79 Å². The van der Waals surface area contributed by atoms with E-state index in [2.05, 4.69) is 0 Å². The van der Waals surface area contributed by atoms with Gasteiger partial charge in [0, 0.05) is 46.5 Å². The van der Waals surface area contributed by atoms with E-state index < -0.39 is 94.9 Å². The van der Waals surface area contributed by atoms with Gasteiger partial charge in [-0.1, -0.05) is 19.4 Å². The van der Waals surface area contributed by atoms with Crippen LogP contribution < -0.4 is 0 Å². The second-order valence-electron chi connectivity index (χ2n) is 11.8. The van der Waals surface area contributed by atoms with Gasteiger partial charge in [-0.05, 0) is 25.8 Å². The summed E-state index contributed by atoms with van der Waals surface area (Å²) < 4.78 is 28.3. The van der Waals surface area contributed by atoms with Crippen molar-refractivity contribution < 1.29 is 63.0 Å². The molecule has 0 spiro atoms. The average molecular weight is 585 g/mol. The molecule has 13 heteroatoms. The minimum atomic E-state index is -2.63. The van der Waals surface area contributed by atoms with Crippen LogP contribution in [0.5, 0.6) is 0 Å². The summed E-state index contributed by atoms with van der Waals surface area (Å²) in [6.07, 6.45) is -7.32. The molecular weight excluding hydrogens is 544 g/mol. The summed E-state index contributed by atoms with van der Waals surface area (Å²) >= 11 is 0. The first-order chi connectivity index (χ1) is 18.8. The van der Waals surface area contributed by atoms with Gasteiger partial charge in [0.05, 0.1) is 11.5 Å². The number of carbonyl (C=O) groups excluding carboxylic acids is 5. The third kappa shape index (κ3) is 5.59. The summed E-state index contributed by atoms with van der Waals surface area (Å²) in [6, 6.07) is 0. The molecule has 1 saturated carbocycles. The molecule has 1 heterocycles. The van der Waals surface area contributed by atoms with E-state index in [9.17, 15) is 39.3 Å². The Morgan fingerprint density at radius 1 is 0.902 bits per heavy atom. The fourth-order valence-corrected chi connectivity index (χ4v) is 6.88. The summed E-state index contributed by atoms with van der Waals surface area (Å²) in [6.45, 7) is 10.2. The van der Waals surface area contributed by atoms with Crippen LogP contribution in [-0.2, 0) is 47.7 Å². The van der Waals surface area contributed by atoms with E-state index in [4.69, 9.17) is 23.7 Å². The van der Waals surface area contributed by atoms with Gasteiger partial charge < -0.3 is 39.0 Å². The first kappa shape index (κ1) is 32.5. The zero-order valence-electron chi connectivity index (χ0n) is 24.5. The Bertz CT molecular complexity index is 1130. The molecule has 13 nitrogen and oxygen atoms in total. The van der Waals surface area contributed by atoms with Gasteiger partial charge in [0.25, 0.3) is 0 Å². The molecule has 3 rings (SSSR count). The summed E-state index contributed by atoms with van der Waals surface area (Å²) in [5, 5.41) is 35.0. The van der Waals surface area contributed by atoms with E-state index in [-0.39, 0.29) is 12.8 Å². The van der Waals surface area contributed by atoms with E-state index in [1.54, 1.807) is 20.8 Å². The second kappa shape index (κ2) is 11.3. The molecule has 1 saturated heterocycles. The lowest BCUT2D eigenvalue weighted by Gasteiger charge is -2.59. The number of hydrogen-bond acceptors (Lipinski definition) is 13. The predicted octanol–water partition coefficient (Wildman–Crippen LogP) is 0.494. The summed E-state index contributed by atoms with van der Waals surface area (Å²) in [4.78, 5) is 62.7. The standard InChI is InChI=1S/C28H40O13/c1-12-9-19(37-14(3)29)23(39-16(5)31)26(7)20(38-15(4)30)11-18(33)13(2)22(26)24(40-17(6)32)28(36)21(10-12)41-25(34)27(28,8)35/h10,13,18-24,33,35-36H,9,11H2,1-8H3/b12-10-/t13-,18-,19-,20-,21-,22+,23-,24-,26-,27-,28+/m0/s1. The van der Waals surface area contributed by atoms with Crippen LogP contribution in [0.1, 0.15) is 68.2 Å². The van der Waals surface area contributed by atoms with Gasteiger partial charge in [-0.3, -0.25) is 19.2 Å². The number of aliphatic hydroxyl groups excluding tert-OH is 1. The number of hydrogen-bond donors (Lipinski definition) is 3. The van der Waals surface area contributed by atoms with Crippen molar-refractivity contribution in [3.05, 3.63) is 11.6 Å². The Balaban J connectivity index is 2.50. The molecule has 0 radical (unpaired) electrons. The van der Waals surface area contributed by atoms with Crippen LogP contribution in [0.3, 0.4) is 0 Å².